The Balaban J connectivity index is 3.45. The third-order valence-electron chi connectivity index (χ3n) is 7.63. The summed E-state index contributed by atoms with van der Waals surface area (Å²) in [4.78, 5) is 23.1. The lowest BCUT2D eigenvalue weighted by atomic mass is 10.1. The van der Waals surface area contributed by atoms with E-state index in [0.717, 1.165) is 19.3 Å². The van der Waals surface area contributed by atoms with Gasteiger partial charge in [-0.15, -0.1) is 0 Å². The minimum atomic E-state index is -1.12. The number of nitrogens with zero attached hydrogens (tertiary/aromatic N) is 1. The zero-order valence-electron chi connectivity index (χ0n) is 27.2. The van der Waals surface area contributed by atoms with E-state index in [0.29, 0.717) is 6.42 Å². The summed E-state index contributed by atoms with van der Waals surface area (Å²) < 4.78 is 10.7. The van der Waals surface area contributed by atoms with Crippen LogP contribution in [-0.4, -0.2) is 74.6 Å². The number of rotatable bonds is 30. The third-order valence-corrected chi connectivity index (χ3v) is 7.63. The van der Waals surface area contributed by atoms with Crippen LogP contribution in [0.5, 0.6) is 0 Å². The SMILES string of the molecule is CCCCCCCCCC/C=C\CCCCCCCCCCCC(=O)OCC(O)COCCC(C(=O)[O-])[N+](C)(C)C. The normalized spacial score (nSPS) is 13.5. The first-order chi connectivity index (χ1) is 19.7. The molecular weight excluding hydrogens is 518 g/mol. The van der Waals surface area contributed by atoms with Gasteiger partial charge in [0.05, 0.1) is 40.3 Å². The van der Waals surface area contributed by atoms with Crippen LogP contribution in [0.3, 0.4) is 0 Å². The van der Waals surface area contributed by atoms with Crippen molar-refractivity contribution in [2.45, 2.75) is 154 Å². The number of unbranched alkanes of at least 4 members (excludes halogenated alkanes) is 17. The Morgan fingerprint density at radius 3 is 1.66 bits per heavy atom. The predicted molar refractivity (Wildman–Crippen MR) is 166 cm³/mol. The Kier molecular flexibility index (Phi) is 26.4. The van der Waals surface area contributed by atoms with E-state index in [1.54, 1.807) is 21.1 Å². The predicted octanol–water partition coefficient (Wildman–Crippen LogP) is 6.50. The number of quaternary nitrogens is 1. The summed E-state index contributed by atoms with van der Waals surface area (Å²) in [7, 11) is 5.36. The molecular formula is C34H65NO6. The van der Waals surface area contributed by atoms with E-state index >= 15 is 0 Å². The van der Waals surface area contributed by atoms with Crippen molar-refractivity contribution in [2.75, 3.05) is 41.0 Å². The van der Waals surface area contributed by atoms with Crippen LogP contribution in [0.25, 0.3) is 0 Å². The van der Waals surface area contributed by atoms with Gasteiger partial charge in [-0.3, -0.25) is 4.79 Å². The first kappa shape index (κ1) is 39.6. The molecule has 7 heteroatoms. The van der Waals surface area contributed by atoms with E-state index in [2.05, 4.69) is 19.1 Å². The number of carbonyl (C=O) groups excluding carboxylic acids is 2. The van der Waals surface area contributed by atoms with E-state index < -0.39 is 18.1 Å². The Hall–Kier alpha value is -1.44. The first-order valence-electron chi connectivity index (χ1n) is 16.8. The number of allylic oxidation sites excluding steroid dienone is 2. The van der Waals surface area contributed by atoms with Gasteiger partial charge in [0.1, 0.15) is 18.8 Å². The van der Waals surface area contributed by atoms with Crippen LogP contribution in [0, 0.1) is 0 Å². The topological polar surface area (TPSA) is 95.9 Å². The van der Waals surface area contributed by atoms with Gasteiger partial charge >= 0.3 is 5.97 Å². The lowest BCUT2D eigenvalue weighted by Crippen LogP contribution is -2.55. The molecule has 2 atom stereocenters. The molecule has 0 bridgehead atoms. The molecule has 0 aliphatic heterocycles. The smallest absolute Gasteiger partial charge is 0.305 e. The Labute approximate surface area is 252 Å². The molecule has 0 aromatic heterocycles. The van der Waals surface area contributed by atoms with Crippen molar-refractivity contribution in [3.05, 3.63) is 12.2 Å². The van der Waals surface area contributed by atoms with Crippen molar-refractivity contribution >= 4 is 11.9 Å². The van der Waals surface area contributed by atoms with Crippen LogP contribution >= 0.6 is 0 Å². The van der Waals surface area contributed by atoms with Crippen LogP contribution in [0.1, 0.15) is 142 Å². The summed E-state index contributed by atoms with van der Waals surface area (Å²) in [5, 5.41) is 21.2. The highest BCUT2D eigenvalue weighted by Crippen LogP contribution is 2.13. The lowest BCUT2D eigenvalue weighted by Gasteiger charge is -2.34. The molecule has 0 amide bonds. The van der Waals surface area contributed by atoms with Crippen molar-refractivity contribution in [3.8, 4) is 0 Å². The first-order valence-corrected chi connectivity index (χ1v) is 16.8. The molecule has 2 unspecified atom stereocenters. The van der Waals surface area contributed by atoms with Crippen molar-refractivity contribution in [2.24, 2.45) is 0 Å². The molecule has 0 aromatic carbocycles. The molecule has 242 valence electrons. The minimum Gasteiger partial charge on any atom is -0.544 e. The number of hydrogen-bond donors (Lipinski definition) is 1. The van der Waals surface area contributed by atoms with E-state index in [1.807, 2.05) is 0 Å². The van der Waals surface area contributed by atoms with E-state index in [1.165, 1.54) is 103 Å². The lowest BCUT2D eigenvalue weighted by molar-refractivity contribution is -0.889. The summed E-state index contributed by atoms with van der Waals surface area (Å²) in [5.41, 5.74) is 0. The molecule has 0 spiro atoms. The number of aliphatic hydroxyl groups is 1. The van der Waals surface area contributed by atoms with Gasteiger partial charge in [-0.25, -0.2) is 0 Å². The number of likely N-dealkylation sites (N-methyl/N-ethyl adjacent to an activating group) is 1. The van der Waals surface area contributed by atoms with Crippen molar-refractivity contribution in [1.82, 2.24) is 0 Å². The zero-order valence-corrected chi connectivity index (χ0v) is 27.2. The summed E-state index contributed by atoms with van der Waals surface area (Å²) in [6.07, 6.45) is 28.8. The second-order valence-electron chi connectivity index (χ2n) is 12.6. The maximum atomic E-state index is 11.9. The van der Waals surface area contributed by atoms with Gasteiger partial charge in [0.15, 0.2) is 0 Å². The molecule has 0 saturated heterocycles. The summed E-state index contributed by atoms with van der Waals surface area (Å²) in [6.45, 7) is 2.36. The summed E-state index contributed by atoms with van der Waals surface area (Å²) in [5.74, 6) is -1.41. The van der Waals surface area contributed by atoms with Crippen LogP contribution in [0.4, 0.5) is 0 Å². The van der Waals surface area contributed by atoms with Crippen LogP contribution in [0.2, 0.25) is 0 Å². The quantitative estimate of drug-likeness (QED) is 0.0449. The average molecular weight is 584 g/mol. The Morgan fingerprint density at radius 1 is 0.732 bits per heavy atom. The second kappa shape index (κ2) is 27.4. The van der Waals surface area contributed by atoms with Crippen molar-refractivity contribution in [3.63, 3.8) is 0 Å². The summed E-state index contributed by atoms with van der Waals surface area (Å²) >= 11 is 0. The molecule has 0 heterocycles. The molecule has 0 aromatic rings. The number of carboxylic acid groups (broad SMARTS) is 1. The molecule has 0 aliphatic carbocycles. The number of esters is 1. The molecule has 41 heavy (non-hydrogen) atoms. The van der Waals surface area contributed by atoms with Crippen molar-refractivity contribution < 1.29 is 33.8 Å². The van der Waals surface area contributed by atoms with Gasteiger partial charge in [-0.2, -0.15) is 0 Å². The fraction of sp³-hybridized carbons (Fsp3) is 0.882. The highest BCUT2D eigenvalue weighted by Gasteiger charge is 2.24. The standard InChI is InChI=1S/C34H65NO6/c1-5-6-7-8-9-10-11-12-13-14-15-16-17-18-19-20-21-22-23-24-25-26-33(37)41-30-31(36)29-40-28-27-32(34(38)39)35(2,3)4/h14-15,31-32,36H,5-13,16-30H2,1-4H3/b15-14-. The van der Waals surface area contributed by atoms with Gasteiger partial charge < -0.3 is 29.0 Å². The number of aliphatic hydroxyl groups excluding tert-OH is 1. The molecule has 0 fully saturated rings. The Bertz CT molecular complexity index is 646. The number of ether oxygens (including phenoxy) is 2. The average Bonchev–Trinajstić information content (AvgIpc) is 2.91. The minimum absolute atomic E-state index is 0.000246. The second-order valence-corrected chi connectivity index (χ2v) is 12.6. The number of hydrogen-bond acceptors (Lipinski definition) is 6. The van der Waals surface area contributed by atoms with E-state index in [4.69, 9.17) is 9.47 Å². The zero-order chi connectivity index (χ0) is 30.6. The highest BCUT2D eigenvalue weighted by molar-refractivity contribution is 5.69. The maximum Gasteiger partial charge on any atom is 0.305 e. The molecule has 7 nitrogen and oxygen atoms in total. The third kappa shape index (κ3) is 27.2. The largest absolute Gasteiger partial charge is 0.544 e. The molecule has 0 radical (unpaired) electrons. The van der Waals surface area contributed by atoms with Gasteiger partial charge in [-0.1, -0.05) is 109 Å². The molecule has 0 saturated carbocycles. The summed E-state index contributed by atoms with van der Waals surface area (Å²) in [6, 6.07) is -0.684. The number of carboxylic acids is 1. The van der Waals surface area contributed by atoms with Gasteiger partial charge in [0.25, 0.3) is 0 Å². The van der Waals surface area contributed by atoms with Crippen LogP contribution < -0.4 is 5.11 Å². The van der Waals surface area contributed by atoms with Gasteiger partial charge in [-0.05, 0) is 32.1 Å². The highest BCUT2D eigenvalue weighted by atomic mass is 16.5. The Morgan fingerprint density at radius 2 is 1.20 bits per heavy atom. The fourth-order valence-corrected chi connectivity index (χ4v) is 4.95. The van der Waals surface area contributed by atoms with Crippen LogP contribution in [0.15, 0.2) is 12.2 Å². The molecule has 0 aliphatic rings. The fourth-order valence-electron chi connectivity index (χ4n) is 4.95. The molecule has 1 N–H and O–H groups in total. The molecule has 0 rings (SSSR count). The van der Waals surface area contributed by atoms with E-state index in [-0.39, 0.29) is 36.7 Å². The van der Waals surface area contributed by atoms with Gasteiger partial charge in [0.2, 0.25) is 0 Å². The van der Waals surface area contributed by atoms with E-state index in [9.17, 15) is 19.8 Å². The number of carbonyl (C=O) groups is 2. The van der Waals surface area contributed by atoms with Crippen LogP contribution in [-0.2, 0) is 19.1 Å². The van der Waals surface area contributed by atoms with Crippen molar-refractivity contribution in [1.29, 1.82) is 0 Å². The maximum absolute atomic E-state index is 11.9. The number of aliphatic carboxylic acids is 1. The monoisotopic (exact) mass is 583 g/mol. The van der Waals surface area contributed by atoms with Gasteiger partial charge in [0, 0.05) is 12.8 Å².